The summed E-state index contributed by atoms with van der Waals surface area (Å²) >= 11 is 18.4. The third kappa shape index (κ3) is 5.76. The molecule has 1 aromatic heterocycles. The van der Waals surface area contributed by atoms with Gasteiger partial charge in [-0.2, -0.15) is 9.97 Å². The number of rotatable bonds is 6. The van der Waals surface area contributed by atoms with Gasteiger partial charge in [0.15, 0.2) is 11.6 Å². The fourth-order valence-corrected chi connectivity index (χ4v) is 3.49. The molecule has 8 nitrogen and oxygen atoms in total. The van der Waals surface area contributed by atoms with Crippen LogP contribution in [0.5, 0.6) is 11.5 Å². The maximum absolute atomic E-state index is 9.21. The van der Waals surface area contributed by atoms with E-state index in [1.165, 1.54) is 0 Å². The molecule has 0 bridgehead atoms. The third-order valence-corrected chi connectivity index (χ3v) is 5.28. The maximum atomic E-state index is 9.21. The molecule has 1 N–H and O–H groups in total. The summed E-state index contributed by atoms with van der Waals surface area (Å²) in [5.74, 6) is 2.03. The standard InChI is InChI=1S/C19H24Cl3N5O3/c1-29-14-10-13(11-15(12-14)30-2)16-23-17(19(20,21)22)25-18(24-16)27-5-3-4-26(6-7-27)8-9-28/h10-12,28H,3-9H2,1-2H3. The van der Waals surface area contributed by atoms with Crippen molar-refractivity contribution in [3.05, 3.63) is 24.0 Å². The number of β-amino-alcohol motifs (C(OH)–C–C–N with tert-alkyl or cyclic N) is 1. The zero-order chi connectivity index (χ0) is 21.7. The van der Waals surface area contributed by atoms with Gasteiger partial charge in [0, 0.05) is 37.8 Å². The van der Waals surface area contributed by atoms with Gasteiger partial charge in [-0.1, -0.05) is 34.8 Å². The predicted molar refractivity (Wildman–Crippen MR) is 118 cm³/mol. The number of aromatic nitrogens is 3. The Bertz CT molecular complexity index is 844. The van der Waals surface area contributed by atoms with E-state index >= 15 is 0 Å². The Hall–Kier alpha value is -1.58. The Morgan fingerprint density at radius 1 is 0.967 bits per heavy atom. The molecule has 0 spiro atoms. The molecule has 2 heterocycles. The first-order valence-corrected chi connectivity index (χ1v) is 10.6. The molecule has 1 aliphatic heterocycles. The highest BCUT2D eigenvalue weighted by atomic mass is 35.6. The minimum absolute atomic E-state index is 0.0470. The average Bonchev–Trinajstić information content (AvgIpc) is 2.98. The van der Waals surface area contributed by atoms with Gasteiger partial charge in [-0.05, 0) is 25.1 Å². The topological polar surface area (TPSA) is 83.8 Å². The fraction of sp³-hybridized carbons (Fsp3) is 0.526. The lowest BCUT2D eigenvalue weighted by Gasteiger charge is -2.23. The SMILES string of the molecule is COc1cc(OC)cc(-c2nc(N3CCCN(CCO)CC3)nc(C(Cl)(Cl)Cl)n2)c1. The Morgan fingerprint density at radius 3 is 2.27 bits per heavy atom. The van der Waals surface area contributed by atoms with Crippen LogP contribution in [0.15, 0.2) is 18.2 Å². The summed E-state index contributed by atoms with van der Waals surface area (Å²) in [5, 5.41) is 9.21. The van der Waals surface area contributed by atoms with E-state index in [-0.39, 0.29) is 12.4 Å². The van der Waals surface area contributed by atoms with Crippen LogP contribution in [0.1, 0.15) is 12.2 Å². The van der Waals surface area contributed by atoms with Crippen LogP contribution in [0.2, 0.25) is 0 Å². The zero-order valence-corrected chi connectivity index (χ0v) is 19.1. The lowest BCUT2D eigenvalue weighted by atomic mass is 10.2. The molecule has 0 amide bonds. The summed E-state index contributed by atoms with van der Waals surface area (Å²) in [6.45, 7) is 3.86. The molecule has 0 unspecified atom stereocenters. The lowest BCUT2D eigenvalue weighted by Crippen LogP contribution is -2.33. The predicted octanol–water partition coefficient (Wildman–Crippen LogP) is 2.89. The third-order valence-electron chi connectivity index (χ3n) is 4.77. The zero-order valence-electron chi connectivity index (χ0n) is 16.8. The van der Waals surface area contributed by atoms with E-state index in [1.54, 1.807) is 32.4 Å². The van der Waals surface area contributed by atoms with Crippen molar-refractivity contribution >= 4 is 40.8 Å². The molecular formula is C19H24Cl3N5O3. The van der Waals surface area contributed by atoms with Crippen molar-refractivity contribution in [3.63, 3.8) is 0 Å². The molecule has 1 fully saturated rings. The van der Waals surface area contributed by atoms with Gasteiger partial charge >= 0.3 is 0 Å². The van der Waals surface area contributed by atoms with Gasteiger partial charge < -0.3 is 19.5 Å². The van der Waals surface area contributed by atoms with Crippen molar-refractivity contribution in [2.75, 3.05) is 58.5 Å². The number of hydrogen-bond donors (Lipinski definition) is 1. The first kappa shape index (κ1) is 23.1. The van der Waals surface area contributed by atoms with E-state index in [1.807, 2.05) is 4.90 Å². The minimum atomic E-state index is -1.80. The number of benzene rings is 1. The highest BCUT2D eigenvalue weighted by molar-refractivity contribution is 6.66. The van der Waals surface area contributed by atoms with Crippen molar-refractivity contribution in [2.24, 2.45) is 0 Å². The molecule has 1 aromatic carbocycles. The van der Waals surface area contributed by atoms with Crippen molar-refractivity contribution in [3.8, 4) is 22.9 Å². The quantitative estimate of drug-likeness (QED) is 0.637. The molecule has 11 heteroatoms. The molecule has 0 aliphatic carbocycles. The molecule has 1 saturated heterocycles. The Balaban J connectivity index is 2.01. The molecular weight excluding hydrogens is 453 g/mol. The van der Waals surface area contributed by atoms with Gasteiger partial charge in [-0.3, -0.25) is 4.90 Å². The van der Waals surface area contributed by atoms with E-state index in [0.29, 0.717) is 41.9 Å². The molecule has 30 heavy (non-hydrogen) atoms. The number of anilines is 1. The summed E-state index contributed by atoms with van der Waals surface area (Å²) in [6.07, 6.45) is 0.900. The van der Waals surface area contributed by atoms with Gasteiger partial charge in [-0.15, -0.1) is 0 Å². The Kier molecular flexibility index (Phi) is 7.81. The van der Waals surface area contributed by atoms with E-state index in [2.05, 4.69) is 19.9 Å². The van der Waals surface area contributed by atoms with Crippen molar-refractivity contribution < 1.29 is 14.6 Å². The van der Waals surface area contributed by atoms with Crippen molar-refractivity contribution in [1.29, 1.82) is 0 Å². The number of halogens is 3. The summed E-state index contributed by atoms with van der Waals surface area (Å²) < 4.78 is 8.90. The molecule has 1 aliphatic rings. The molecule has 3 rings (SSSR count). The van der Waals surface area contributed by atoms with E-state index < -0.39 is 3.79 Å². The van der Waals surface area contributed by atoms with Gasteiger partial charge in [0.1, 0.15) is 11.5 Å². The molecule has 164 valence electrons. The van der Waals surface area contributed by atoms with Gasteiger partial charge in [0.25, 0.3) is 0 Å². The molecule has 2 aromatic rings. The van der Waals surface area contributed by atoms with Gasteiger partial charge in [0.2, 0.25) is 9.74 Å². The summed E-state index contributed by atoms with van der Waals surface area (Å²) in [6, 6.07) is 5.33. The normalized spacial score (nSPS) is 15.7. The summed E-state index contributed by atoms with van der Waals surface area (Å²) in [5.41, 5.74) is 0.655. The van der Waals surface area contributed by atoms with Gasteiger partial charge in [0.05, 0.1) is 20.8 Å². The van der Waals surface area contributed by atoms with Crippen LogP contribution < -0.4 is 14.4 Å². The number of alkyl halides is 3. The monoisotopic (exact) mass is 475 g/mol. The van der Waals surface area contributed by atoms with Crippen molar-refractivity contribution in [1.82, 2.24) is 19.9 Å². The van der Waals surface area contributed by atoms with E-state index in [4.69, 9.17) is 44.3 Å². The highest BCUT2D eigenvalue weighted by Gasteiger charge is 2.30. The summed E-state index contributed by atoms with van der Waals surface area (Å²) in [7, 11) is 3.14. The molecule has 0 saturated carbocycles. The van der Waals surface area contributed by atoms with Crippen LogP contribution in [0.4, 0.5) is 5.95 Å². The molecule has 0 radical (unpaired) electrons. The van der Waals surface area contributed by atoms with Crippen LogP contribution in [0.3, 0.4) is 0 Å². The number of aliphatic hydroxyl groups excluding tert-OH is 1. The van der Waals surface area contributed by atoms with Crippen LogP contribution in [0, 0.1) is 0 Å². The number of ether oxygens (including phenoxy) is 2. The van der Waals surface area contributed by atoms with E-state index in [9.17, 15) is 5.11 Å². The lowest BCUT2D eigenvalue weighted by molar-refractivity contribution is 0.204. The highest BCUT2D eigenvalue weighted by Crippen LogP contribution is 2.38. The smallest absolute Gasteiger partial charge is 0.250 e. The van der Waals surface area contributed by atoms with Crippen molar-refractivity contribution in [2.45, 2.75) is 10.2 Å². The average molecular weight is 477 g/mol. The van der Waals surface area contributed by atoms with E-state index in [0.717, 1.165) is 26.1 Å². The number of nitrogens with zero attached hydrogens (tertiary/aromatic N) is 5. The number of hydrogen-bond acceptors (Lipinski definition) is 8. The Morgan fingerprint density at radius 2 is 1.67 bits per heavy atom. The van der Waals surface area contributed by atoms with Crippen LogP contribution in [-0.2, 0) is 3.79 Å². The van der Waals surface area contributed by atoms with Crippen LogP contribution in [0.25, 0.3) is 11.4 Å². The van der Waals surface area contributed by atoms with Crippen LogP contribution >= 0.6 is 34.8 Å². The maximum Gasteiger partial charge on any atom is 0.250 e. The fourth-order valence-electron chi connectivity index (χ4n) is 3.23. The largest absolute Gasteiger partial charge is 0.497 e. The van der Waals surface area contributed by atoms with Gasteiger partial charge in [-0.25, -0.2) is 4.98 Å². The summed E-state index contributed by atoms with van der Waals surface area (Å²) in [4.78, 5) is 17.7. The minimum Gasteiger partial charge on any atom is -0.497 e. The second-order valence-corrected chi connectivity index (χ2v) is 9.07. The second kappa shape index (κ2) is 10.2. The first-order chi connectivity index (χ1) is 14.3. The molecule has 0 atom stereocenters. The Labute approximate surface area is 190 Å². The van der Waals surface area contributed by atoms with Crippen LogP contribution in [-0.4, -0.2) is 78.5 Å². The first-order valence-electron chi connectivity index (χ1n) is 9.49. The second-order valence-electron chi connectivity index (χ2n) is 6.79. The number of methoxy groups -OCH3 is 2. The number of aliphatic hydroxyl groups is 1.